The first-order valence-electron chi connectivity index (χ1n) is 6.49. The number of carbonyl (C=O) groups is 1. The van der Waals surface area contributed by atoms with Crippen molar-refractivity contribution in [1.82, 2.24) is 9.80 Å². The quantitative estimate of drug-likeness (QED) is 0.919. The van der Waals surface area contributed by atoms with Crippen LogP contribution in [0.25, 0.3) is 0 Å². The summed E-state index contributed by atoms with van der Waals surface area (Å²) in [6.45, 7) is 5.96. The van der Waals surface area contributed by atoms with Crippen LogP contribution < -0.4 is 0 Å². The van der Waals surface area contributed by atoms with E-state index in [2.05, 4.69) is 4.90 Å². The molecule has 1 aromatic heterocycles. The molecule has 1 aliphatic rings. The van der Waals surface area contributed by atoms with Crippen LogP contribution in [0.5, 0.6) is 0 Å². The van der Waals surface area contributed by atoms with Gasteiger partial charge in [0.15, 0.2) is 0 Å². The number of β-amino-alcohol motifs (C(OH)–C–C–N with tert-alkyl or cyclic N) is 1. The van der Waals surface area contributed by atoms with Crippen LogP contribution in [0.15, 0.2) is 12.1 Å². The molecular weight excluding hydrogens is 284 g/mol. The van der Waals surface area contributed by atoms with Gasteiger partial charge in [0.05, 0.1) is 16.9 Å². The summed E-state index contributed by atoms with van der Waals surface area (Å²) in [4.78, 5) is 17.5. The molecule has 0 bridgehead atoms. The molecule has 4 nitrogen and oxygen atoms in total. The van der Waals surface area contributed by atoms with Crippen LogP contribution in [0.2, 0.25) is 4.34 Å². The third kappa shape index (κ3) is 3.69. The Labute approximate surface area is 122 Å². The lowest BCUT2D eigenvalue weighted by molar-refractivity contribution is -0.134. The number of hydrogen-bond donors (Lipinski definition) is 1. The van der Waals surface area contributed by atoms with Crippen molar-refractivity contribution in [2.45, 2.75) is 12.8 Å². The van der Waals surface area contributed by atoms with Crippen LogP contribution in [0.3, 0.4) is 0 Å². The van der Waals surface area contributed by atoms with Crippen LogP contribution in [0, 0.1) is 0 Å². The van der Waals surface area contributed by atoms with Crippen molar-refractivity contribution in [1.29, 1.82) is 0 Å². The lowest BCUT2D eigenvalue weighted by Gasteiger charge is -2.35. The Kier molecular flexibility index (Phi) is 5.21. The van der Waals surface area contributed by atoms with Gasteiger partial charge in [0.1, 0.15) is 0 Å². The molecule has 1 saturated heterocycles. The molecular formula is C13H19ClN2O2S. The lowest BCUT2D eigenvalue weighted by Crippen LogP contribution is -2.50. The fraction of sp³-hybridized carbons (Fsp3) is 0.615. The molecule has 0 saturated carbocycles. The van der Waals surface area contributed by atoms with Gasteiger partial charge in [0.25, 0.3) is 0 Å². The van der Waals surface area contributed by atoms with Crippen LogP contribution in [0.1, 0.15) is 17.7 Å². The molecule has 0 radical (unpaired) electrons. The van der Waals surface area contributed by atoms with Crippen molar-refractivity contribution in [2.24, 2.45) is 0 Å². The normalized spacial score (nSPS) is 18.6. The van der Waals surface area contributed by atoms with Gasteiger partial charge in [0.2, 0.25) is 5.91 Å². The van der Waals surface area contributed by atoms with Gasteiger partial charge in [-0.2, -0.15) is 0 Å². The molecule has 1 aromatic rings. The highest BCUT2D eigenvalue weighted by molar-refractivity contribution is 7.16. The number of thiophene rings is 1. The number of carbonyl (C=O) groups excluding carboxylic acids is 1. The number of aliphatic hydroxyl groups is 1. The topological polar surface area (TPSA) is 43.8 Å². The predicted octanol–water partition coefficient (Wildman–Crippen LogP) is 1.64. The summed E-state index contributed by atoms with van der Waals surface area (Å²) in [5.74, 6) is 0.0454. The van der Waals surface area contributed by atoms with E-state index in [0.717, 1.165) is 35.4 Å². The van der Waals surface area contributed by atoms with Crippen molar-refractivity contribution in [3.05, 3.63) is 21.3 Å². The molecule has 0 aliphatic carbocycles. The molecule has 1 fully saturated rings. The molecule has 2 heterocycles. The fourth-order valence-corrected chi connectivity index (χ4v) is 3.40. The van der Waals surface area contributed by atoms with E-state index in [0.29, 0.717) is 6.54 Å². The number of rotatable bonds is 4. The Morgan fingerprint density at radius 3 is 2.63 bits per heavy atom. The summed E-state index contributed by atoms with van der Waals surface area (Å²) >= 11 is 7.38. The van der Waals surface area contributed by atoms with Gasteiger partial charge in [-0.1, -0.05) is 11.6 Å². The number of halogens is 1. The standard InChI is InChI=1S/C13H19ClN2O2S/c1-10(11-2-3-12(14)19-11)13(18)16-6-4-15(5-7-16)8-9-17/h2-3,10,17H,4-9H2,1H3. The van der Waals surface area contributed by atoms with Crippen molar-refractivity contribution in [3.8, 4) is 0 Å². The number of hydrogen-bond acceptors (Lipinski definition) is 4. The maximum atomic E-state index is 12.4. The van der Waals surface area contributed by atoms with Crippen molar-refractivity contribution in [3.63, 3.8) is 0 Å². The minimum atomic E-state index is -0.123. The summed E-state index contributed by atoms with van der Waals surface area (Å²) in [6, 6.07) is 3.77. The highest BCUT2D eigenvalue weighted by Gasteiger charge is 2.26. The largest absolute Gasteiger partial charge is 0.395 e. The number of nitrogens with zero attached hydrogens (tertiary/aromatic N) is 2. The van der Waals surface area contributed by atoms with Gasteiger partial charge in [-0.05, 0) is 19.1 Å². The van der Waals surface area contributed by atoms with E-state index >= 15 is 0 Å². The summed E-state index contributed by atoms with van der Waals surface area (Å²) in [6.07, 6.45) is 0. The third-order valence-electron chi connectivity index (χ3n) is 3.49. The summed E-state index contributed by atoms with van der Waals surface area (Å²) < 4.78 is 0.724. The second kappa shape index (κ2) is 6.70. The highest BCUT2D eigenvalue weighted by atomic mass is 35.5. The minimum absolute atomic E-state index is 0.123. The van der Waals surface area contributed by atoms with E-state index in [4.69, 9.17) is 16.7 Å². The molecule has 2 rings (SSSR count). The second-order valence-electron chi connectivity index (χ2n) is 4.75. The van der Waals surface area contributed by atoms with E-state index < -0.39 is 0 Å². The molecule has 6 heteroatoms. The number of piperazine rings is 1. The zero-order valence-corrected chi connectivity index (χ0v) is 12.6. The van der Waals surface area contributed by atoms with E-state index in [-0.39, 0.29) is 18.4 Å². The second-order valence-corrected chi connectivity index (χ2v) is 6.50. The zero-order valence-electron chi connectivity index (χ0n) is 11.0. The van der Waals surface area contributed by atoms with E-state index in [1.54, 1.807) is 0 Å². The minimum Gasteiger partial charge on any atom is -0.395 e. The van der Waals surface area contributed by atoms with Gasteiger partial charge >= 0.3 is 0 Å². The average Bonchev–Trinajstić information content (AvgIpc) is 2.85. The average molecular weight is 303 g/mol. The Bertz CT molecular complexity index is 430. The first kappa shape index (κ1) is 14.8. The lowest BCUT2D eigenvalue weighted by atomic mass is 10.1. The first-order valence-corrected chi connectivity index (χ1v) is 7.68. The van der Waals surface area contributed by atoms with Crippen molar-refractivity contribution >= 4 is 28.8 Å². The van der Waals surface area contributed by atoms with Crippen LogP contribution >= 0.6 is 22.9 Å². The monoisotopic (exact) mass is 302 g/mol. The Hall–Kier alpha value is -0.620. The van der Waals surface area contributed by atoms with Gasteiger partial charge in [-0.3, -0.25) is 9.69 Å². The molecule has 106 valence electrons. The molecule has 0 aromatic carbocycles. The number of aliphatic hydroxyl groups excluding tert-OH is 1. The maximum absolute atomic E-state index is 12.4. The van der Waals surface area contributed by atoms with Gasteiger partial charge < -0.3 is 10.0 Å². The van der Waals surface area contributed by atoms with Crippen LogP contribution in [-0.2, 0) is 4.79 Å². The predicted molar refractivity (Wildman–Crippen MR) is 77.8 cm³/mol. The molecule has 0 spiro atoms. The Morgan fingerprint density at radius 1 is 1.42 bits per heavy atom. The third-order valence-corrected chi connectivity index (χ3v) is 4.91. The fourth-order valence-electron chi connectivity index (χ4n) is 2.29. The highest BCUT2D eigenvalue weighted by Crippen LogP contribution is 2.29. The van der Waals surface area contributed by atoms with E-state index in [9.17, 15) is 4.79 Å². The van der Waals surface area contributed by atoms with Crippen LogP contribution in [0.4, 0.5) is 0 Å². The smallest absolute Gasteiger partial charge is 0.230 e. The first-order chi connectivity index (χ1) is 9.11. The molecule has 1 aliphatic heterocycles. The summed E-state index contributed by atoms with van der Waals surface area (Å²) in [5.41, 5.74) is 0. The number of amides is 1. The zero-order chi connectivity index (χ0) is 13.8. The Balaban J connectivity index is 1.90. The van der Waals surface area contributed by atoms with Gasteiger partial charge in [-0.15, -0.1) is 11.3 Å². The molecule has 19 heavy (non-hydrogen) atoms. The molecule has 1 N–H and O–H groups in total. The Morgan fingerprint density at radius 2 is 2.11 bits per heavy atom. The van der Waals surface area contributed by atoms with Crippen LogP contribution in [-0.4, -0.2) is 60.1 Å². The van der Waals surface area contributed by atoms with E-state index in [1.807, 2.05) is 24.0 Å². The maximum Gasteiger partial charge on any atom is 0.230 e. The van der Waals surface area contributed by atoms with E-state index in [1.165, 1.54) is 11.3 Å². The van der Waals surface area contributed by atoms with Gasteiger partial charge in [0, 0.05) is 37.6 Å². The van der Waals surface area contributed by atoms with Crippen molar-refractivity contribution in [2.75, 3.05) is 39.3 Å². The molecule has 1 amide bonds. The summed E-state index contributed by atoms with van der Waals surface area (Å²) in [5, 5.41) is 8.90. The SMILES string of the molecule is CC(C(=O)N1CCN(CCO)CC1)c1ccc(Cl)s1. The van der Waals surface area contributed by atoms with Gasteiger partial charge in [-0.25, -0.2) is 0 Å². The van der Waals surface area contributed by atoms with Crippen molar-refractivity contribution < 1.29 is 9.90 Å². The molecule has 1 atom stereocenters. The summed E-state index contributed by atoms with van der Waals surface area (Å²) in [7, 11) is 0. The molecule has 1 unspecified atom stereocenters.